The Balaban J connectivity index is 1.50. The fraction of sp³-hybridized carbons (Fsp3) is 0.391. The van der Waals surface area contributed by atoms with Gasteiger partial charge < -0.3 is 25.0 Å². The largest absolute Gasteiger partial charge is 0.497 e. The summed E-state index contributed by atoms with van der Waals surface area (Å²) in [4.78, 5) is 13.9. The van der Waals surface area contributed by atoms with Gasteiger partial charge in [-0.3, -0.25) is 4.79 Å². The van der Waals surface area contributed by atoms with Gasteiger partial charge in [-0.05, 0) is 68.9 Å². The van der Waals surface area contributed by atoms with Gasteiger partial charge in [-0.25, -0.2) is 0 Å². The van der Waals surface area contributed by atoms with Crippen molar-refractivity contribution in [1.82, 2.24) is 5.32 Å². The molecule has 1 atom stereocenters. The molecule has 0 aromatic heterocycles. The maximum Gasteiger partial charge on any atom is 0.227 e. The maximum atomic E-state index is 12.0. The number of ether oxygens (including phenoxy) is 2. The second-order valence-corrected chi connectivity index (χ2v) is 8.73. The van der Waals surface area contributed by atoms with Crippen LogP contribution < -0.4 is 25.0 Å². The van der Waals surface area contributed by atoms with Crippen LogP contribution in [0.5, 0.6) is 11.5 Å². The number of nitrogens with one attached hydrogen (secondary N) is 2. The minimum Gasteiger partial charge on any atom is -0.497 e. The van der Waals surface area contributed by atoms with Gasteiger partial charge in [-0.1, -0.05) is 6.07 Å². The molecule has 2 aliphatic rings. The topological polar surface area (TPSA) is 62.8 Å². The summed E-state index contributed by atoms with van der Waals surface area (Å²) in [6.45, 7) is 4.91. The van der Waals surface area contributed by atoms with Gasteiger partial charge in [-0.2, -0.15) is 0 Å². The van der Waals surface area contributed by atoms with Gasteiger partial charge in [0.2, 0.25) is 5.91 Å². The van der Waals surface area contributed by atoms with Gasteiger partial charge in [0, 0.05) is 36.3 Å². The summed E-state index contributed by atoms with van der Waals surface area (Å²) in [5.41, 5.74) is 2.45. The lowest BCUT2D eigenvalue weighted by Crippen LogP contribution is -2.42. The van der Waals surface area contributed by atoms with E-state index in [1.165, 1.54) is 0 Å². The van der Waals surface area contributed by atoms with E-state index < -0.39 is 0 Å². The van der Waals surface area contributed by atoms with E-state index in [0.717, 1.165) is 47.8 Å². The number of carbonyl (C=O) groups is 1. The van der Waals surface area contributed by atoms with Crippen molar-refractivity contribution in [2.24, 2.45) is 0 Å². The van der Waals surface area contributed by atoms with Gasteiger partial charge in [0.05, 0.1) is 13.2 Å². The van der Waals surface area contributed by atoms with Gasteiger partial charge in [0.15, 0.2) is 5.11 Å². The third kappa shape index (κ3) is 4.36. The molecule has 0 saturated carbocycles. The molecule has 1 fully saturated rings. The van der Waals surface area contributed by atoms with Gasteiger partial charge in [0.25, 0.3) is 0 Å². The summed E-state index contributed by atoms with van der Waals surface area (Å²) >= 11 is 5.61. The van der Waals surface area contributed by atoms with Crippen molar-refractivity contribution in [2.75, 3.05) is 23.9 Å². The fourth-order valence-electron chi connectivity index (χ4n) is 4.09. The highest BCUT2D eigenvalue weighted by molar-refractivity contribution is 7.80. The van der Waals surface area contributed by atoms with Crippen molar-refractivity contribution < 1.29 is 14.3 Å². The normalized spacial score (nSPS) is 19.6. The molecule has 6 nitrogen and oxygen atoms in total. The molecule has 1 saturated heterocycles. The van der Waals surface area contributed by atoms with Crippen molar-refractivity contribution in [3.8, 4) is 11.5 Å². The highest BCUT2D eigenvalue weighted by atomic mass is 32.1. The van der Waals surface area contributed by atoms with Crippen molar-refractivity contribution in [3.63, 3.8) is 0 Å². The Hall–Kier alpha value is -2.80. The summed E-state index contributed by atoms with van der Waals surface area (Å²) in [5.74, 6) is 1.79. The minimum atomic E-state index is -0.315. The van der Waals surface area contributed by atoms with Crippen LogP contribution in [0, 0.1) is 0 Å². The lowest BCUT2D eigenvalue weighted by molar-refractivity contribution is -0.117. The van der Waals surface area contributed by atoms with E-state index in [4.69, 9.17) is 21.7 Å². The van der Waals surface area contributed by atoms with E-state index in [-0.39, 0.29) is 17.6 Å². The molecule has 2 aromatic rings. The Morgan fingerprint density at radius 1 is 1.27 bits per heavy atom. The Kier molecular flexibility index (Phi) is 5.56. The van der Waals surface area contributed by atoms with E-state index >= 15 is 0 Å². The van der Waals surface area contributed by atoms with Crippen molar-refractivity contribution in [1.29, 1.82) is 0 Å². The van der Waals surface area contributed by atoms with E-state index in [2.05, 4.69) is 24.5 Å². The number of benzene rings is 2. The molecule has 0 spiro atoms. The van der Waals surface area contributed by atoms with E-state index in [0.29, 0.717) is 11.5 Å². The van der Waals surface area contributed by atoms with Crippen LogP contribution in [0.25, 0.3) is 0 Å². The summed E-state index contributed by atoms with van der Waals surface area (Å²) in [6, 6.07) is 13.6. The molecule has 2 aromatic carbocycles. The van der Waals surface area contributed by atoms with Crippen LogP contribution in [0.15, 0.2) is 42.5 Å². The zero-order valence-electron chi connectivity index (χ0n) is 17.5. The van der Waals surface area contributed by atoms with Gasteiger partial charge in [0.1, 0.15) is 17.1 Å². The molecule has 158 valence electrons. The molecule has 2 aliphatic heterocycles. The number of anilines is 2. The predicted molar refractivity (Wildman–Crippen MR) is 122 cm³/mol. The first-order chi connectivity index (χ1) is 14.3. The lowest BCUT2D eigenvalue weighted by atomic mass is 9.89. The first-order valence-corrected chi connectivity index (χ1v) is 10.6. The smallest absolute Gasteiger partial charge is 0.227 e. The molecule has 2 heterocycles. The minimum absolute atomic E-state index is 0.0119. The monoisotopic (exact) mass is 425 g/mol. The molecular weight excluding hydrogens is 398 g/mol. The zero-order valence-corrected chi connectivity index (χ0v) is 18.3. The number of methoxy groups -OCH3 is 1. The van der Waals surface area contributed by atoms with Crippen molar-refractivity contribution in [2.45, 2.75) is 44.8 Å². The van der Waals surface area contributed by atoms with E-state index in [1.54, 1.807) is 7.11 Å². The van der Waals surface area contributed by atoms with E-state index in [9.17, 15) is 4.79 Å². The molecule has 1 amide bonds. The Morgan fingerprint density at radius 2 is 2.10 bits per heavy atom. The Bertz CT molecular complexity index is 976. The summed E-state index contributed by atoms with van der Waals surface area (Å²) in [5, 5.41) is 7.22. The number of thiocarbonyl (C=S) groups is 1. The SMILES string of the molecule is COc1ccc2c(c1)C(NC(=S)Nc1cccc(N3CCCC3=O)c1)CC(C)(C)O2. The first kappa shape index (κ1) is 20.5. The van der Waals surface area contributed by atoms with Crippen LogP contribution >= 0.6 is 12.2 Å². The molecule has 0 radical (unpaired) electrons. The van der Waals surface area contributed by atoms with Crippen LogP contribution in [0.4, 0.5) is 11.4 Å². The van der Waals surface area contributed by atoms with Crippen LogP contribution in [0.2, 0.25) is 0 Å². The number of amides is 1. The molecule has 1 unspecified atom stereocenters. The van der Waals surface area contributed by atoms with Crippen LogP contribution in [0.3, 0.4) is 0 Å². The van der Waals surface area contributed by atoms with Crippen LogP contribution in [0.1, 0.15) is 44.7 Å². The third-order valence-electron chi connectivity index (χ3n) is 5.47. The average Bonchev–Trinajstić information content (AvgIpc) is 3.13. The second kappa shape index (κ2) is 8.14. The van der Waals surface area contributed by atoms with Crippen LogP contribution in [-0.2, 0) is 4.79 Å². The molecule has 2 N–H and O–H groups in total. The molecular formula is C23H27N3O3S. The van der Waals surface area contributed by atoms with Gasteiger partial charge in [-0.15, -0.1) is 0 Å². The molecule has 30 heavy (non-hydrogen) atoms. The number of rotatable bonds is 4. The number of fused-ring (bicyclic) bond motifs is 1. The van der Waals surface area contributed by atoms with Crippen LogP contribution in [-0.4, -0.2) is 30.3 Å². The summed E-state index contributed by atoms with van der Waals surface area (Å²) < 4.78 is 11.5. The molecule has 0 aliphatic carbocycles. The fourth-order valence-corrected chi connectivity index (χ4v) is 4.35. The van der Waals surface area contributed by atoms with Crippen molar-refractivity contribution >= 4 is 34.6 Å². The molecule has 0 bridgehead atoms. The van der Waals surface area contributed by atoms with Crippen molar-refractivity contribution in [3.05, 3.63) is 48.0 Å². The number of carbonyl (C=O) groups excluding carboxylic acids is 1. The maximum absolute atomic E-state index is 12.0. The molecule has 7 heteroatoms. The summed E-state index contributed by atoms with van der Waals surface area (Å²) in [6.07, 6.45) is 2.27. The van der Waals surface area contributed by atoms with Gasteiger partial charge >= 0.3 is 0 Å². The predicted octanol–water partition coefficient (Wildman–Crippen LogP) is 4.41. The lowest BCUT2D eigenvalue weighted by Gasteiger charge is -2.38. The Morgan fingerprint density at radius 3 is 2.83 bits per heavy atom. The quantitative estimate of drug-likeness (QED) is 0.708. The number of hydrogen-bond donors (Lipinski definition) is 2. The average molecular weight is 426 g/mol. The van der Waals surface area contributed by atoms with E-state index in [1.807, 2.05) is 47.4 Å². The first-order valence-electron chi connectivity index (χ1n) is 10.2. The molecule has 4 rings (SSSR count). The second-order valence-electron chi connectivity index (χ2n) is 8.32. The number of nitrogens with zero attached hydrogens (tertiary/aromatic N) is 1. The zero-order chi connectivity index (χ0) is 21.3. The highest BCUT2D eigenvalue weighted by Gasteiger charge is 2.34. The Labute approximate surface area is 182 Å². The highest BCUT2D eigenvalue weighted by Crippen LogP contribution is 2.41. The summed E-state index contributed by atoms with van der Waals surface area (Å²) in [7, 11) is 1.65. The standard InChI is InChI=1S/C23H27N3O3S/c1-23(2)14-19(18-13-17(28-3)9-10-20(18)29-23)25-22(30)24-15-6-4-7-16(12-15)26-11-5-8-21(26)27/h4,6-7,9-10,12-13,19H,5,8,11,14H2,1-3H3,(H2,24,25,30). The number of hydrogen-bond acceptors (Lipinski definition) is 4. The third-order valence-corrected chi connectivity index (χ3v) is 5.69.